The minimum absolute atomic E-state index is 0.0972. The first-order valence-corrected chi connectivity index (χ1v) is 2.76. The van der Waals surface area contributed by atoms with Crippen LogP contribution in [0.5, 0.6) is 0 Å². The smallest absolute Gasteiger partial charge is 0.242 e. The summed E-state index contributed by atoms with van der Waals surface area (Å²) in [6.07, 6.45) is -4.83. The van der Waals surface area contributed by atoms with Gasteiger partial charge in [0, 0.05) is 13.1 Å². The third-order valence-corrected chi connectivity index (χ3v) is 0.777. The van der Waals surface area contributed by atoms with Crippen LogP contribution in [0, 0.1) is 0 Å². The van der Waals surface area contributed by atoms with Crippen LogP contribution < -0.4 is 5.32 Å². The van der Waals surface area contributed by atoms with Crippen molar-refractivity contribution in [3.63, 3.8) is 0 Å². The third-order valence-electron chi connectivity index (χ3n) is 0.777. The Balaban J connectivity index is 3.07. The van der Waals surface area contributed by atoms with Crippen molar-refractivity contribution in [2.75, 3.05) is 13.1 Å². The second-order valence-corrected chi connectivity index (χ2v) is 1.63. The summed E-state index contributed by atoms with van der Waals surface area (Å²) in [5.41, 5.74) is 0. The van der Waals surface area contributed by atoms with E-state index >= 15 is 0 Å². The quantitative estimate of drug-likeness (QED) is 0.528. The maximum absolute atomic E-state index is 11.3. The standard InChI is InChI=1S/C5H9F3N/c1-2-9-4-3-5(6,7)8/h2-4H2,1H3. The Hall–Kier alpha value is -0.250. The second kappa shape index (κ2) is 3.71. The van der Waals surface area contributed by atoms with Crippen molar-refractivity contribution in [3.05, 3.63) is 0 Å². The van der Waals surface area contributed by atoms with Crippen molar-refractivity contribution < 1.29 is 13.2 Å². The molecule has 0 aromatic heterocycles. The van der Waals surface area contributed by atoms with E-state index in [0.717, 1.165) is 0 Å². The van der Waals surface area contributed by atoms with Gasteiger partial charge in [0.25, 0.3) is 0 Å². The summed E-state index contributed by atoms with van der Waals surface area (Å²) >= 11 is 0. The van der Waals surface area contributed by atoms with Gasteiger partial charge in [-0.2, -0.15) is 13.2 Å². The van der Waals surface area contributed by atoms with Crippen LogP contribution in [0.15, 0.2) is 0 Å². The molecule has 0 unspecified atom stereocenters. The van der Waals surface area contributed by atoms with Crippen molar-refractivity contribution in [1.82, 2.24) is 5.32 Å². The van der Waals surface area contributed by atoms with E-state index in [1.807, 2.05) is 0 Å². The third kappa shape index (κ3) is 7.75. The lowest BCUT2D eigenvalue weighted by molar-refractivity contribution is -0.133. The van der Waals surface area contributed by atoms with Gasteiger partial charge in [-0.15, -0.1) is 0 Å². The van der Waals surface area contributed by atoms with Crippen LogP contribution in [0.3, 0.4) is 0 Å². The zero-order valence-corrected chi connectivity index (χ0v) is 5.20. The number of halogens is 3. The van der Waals surface area contributed by atoms with E-state index in [-0.39, 0.29) is 6.54 Å². The highest BCUT2D eigenvalue weighted by Gasteiger charge is 2.25. The highest BCUT2D eigenvalue weighted by molar-refractivity contribution is 4.51. The first-order valence-electron chi connectivity index (χ1n) is 2.76. The van der Waals surface area contributed by atoms with Crippen LogP contribution in [0.4, 0.5) is 13.2 Å². The SMILES string of the molecule is CC[N]CCC(F)(F)F. The molecule has 0 aliphatic rings. The fourth-order valence-electron chi connectivity index (χ4n) is 0.364. The molecule has 0 aromatic carbocycles. The number of hydrogen-bond acceptors (Lipinski definition) is 0. The maximum atomic E-state index is 11.3. The van der Waals surface area contributed by atoms with Gasteiger partial charge in [0.05, 0.1) is 6.42 Å². The average Bonchev–Trinajstić information content (AvgIpc) is 1.63. The molecule has 0 atom stereocenters. The van der Waals surface area contributed by atoms with Gasteiger partial charge in [-0.1, -0.05) is 6.92 Å². The predicted octanol–water partition coefficient (Wildman–Crippen LogP) is 1.56. The molecule has 0 bridgehead atoms. The van der Waals surface area contributed by atoms with Gasteiger partial charge in [0.15, 0.2) is 0 Å². The molecule has 4 heteroatoms. The zero-order chi connectivity index (χ0) is 7.33. The van der Waals surface area contributed by atoms with Gasteiger partial charge in [-0.25, -0.2) is 5.32 Å². The molecule has 9 heavy (non-hydrogen) atoms. The van der Waals surface area contributed by atoms with Crippen molar-refractivity contribution >= 4 is 0 Å². The monoisotopic (exact) mass is 140 g/mol. The summed E-state index contributed by atoms with van der Waals surface area (Å²) in [7, 11) is 0. The summed E-state index contributed by atoms with van der Waals surface area (Å²) in [6.45, 7) is 2.09. The Labute approximate surface area is 52.2 Å². The number of rotatable bonds is 3. The Bertz CT molecular complexity index is 69.1. The molecule has 0 fully saturated rings. The molecule has 0 amide bonds. The van der Waals surface area contributed by atoms with E-state index in [0.29, 0.717) is 6.54 Å². The molecule has 55 valence electrons. The molecule has 1 nitrogen and oxygen atoms in total. The molecule has 0 saturated heterocycles. The molecule has 0 aliphatic heterocycles. The van der Waals surface area contributed by atoms with E-state index in [4.69, 9.17) is 0 Å². The van der Waals surface area contributed by atoms with Crippen molar-refractivity contribution in [2.24, 2.45) is 0 Å². The molecular formula is C5H9F3N. The normalized spacial score (nSPS) is 12.0. The molecule has 0 N–H and O–H groups in total. The van der Waals surface area contributed by atoms with Crippen molar-refractivity contribution in [2.45, 2.75) is 19.5 Å². The first-order chi connectivity index (χ1) is 4.06. The molecule has 0 heterocycles. The summed E-state index contributed by atoms with van der Waals surface area (Å²) in [5.74, 6) is 0. The molecule has 0 rings (SSSR count). The van der Waals surface area contributed by atoms with E-state index in [9.17, 15) is 13.2 Å². The largest absolute Gasteiger partial charge is 0.390 e. The van der Waals surface area contributed by atoms with Crippen LogP contribution in [-0.4, -0.2) is 19.3 Å². The lowest BCUT2D eigenvalue weighted by atomic mass is 10.4. The fourth-order valence-corrected chi connectivity index (χ4v) is 0.364. The minimum atomic E-state index is -4.04. The second-order valence-electron chi connectivity index (χ2n) is 1.63. The van der Waals surface area contributed by atoms with E-state index in [2.05, 4.69) is 5.32 Å². The van der Waals surface area contributed by atoms with Crippen molar-refractivity contribution in [1.29, 1.82) is 0 Å². The minimum Gasteiger partial charge on any atom is -0.242 e. The molecule has 0 aromatic rings. The Kier molecular flexibility index (Phi) is 3.61. The summed E-state index contributed by atoms with van der Waals surface area (Å²) in [6, 6.07) is 0. The topological polar surface area (TPSA) is 14.1 Å². The first kappa shape index (κ1) is 8.75. The highest BCUT2D eigenvalue weighted by atomic mass is 19.4. The Morgan fingerprint density at radius 1 is 1.33 bits per heavy atom. The van der Waals surface area contributed by atoms with E-state index in [1.54, 1.807) is 6.92 Å². The van der Waals surface area contributed by atoms with Crippen molar-refractivity contribution in [3.8, 4) is 0 Å². The zero-order valence-electron chi connectivity index (χ0n) is 5.20. The molecular weight excluding hydrogens is 131 g/mol. The summed E-state index contributed by atoms with van der Waals surface area (Å²) in [5, 5.41) is 3.54. The van der Waals surface area contributed by atoms with E-state index in [1.165, 1.54) is 0 Å². The van der Waals surface area contributed by atoms with Gasteiger partial charge in [-0.3, -0.25) is 0 Å². The van der Waals surface area contributed by atoms with Crippen LogP contribution >= 0.6 is 0 Å². The van der Waals surface area contributed by atoms with Crippen LogP contribution in [-0.2, 0) is 0 Å². The number of hydrogen-bond donors (Lipinski definition) is 0. The summed E-state index contributed by atoms with van der Waals surface area (Å²) < 4.78 is 34.0. The highest BCUT2D eigenvalue weighted by Crippen LogP contribution is 2.18. The average molecular weight is 140 g/mol. The fraction of sp³-hybridized carbons (Fsp3) is 1.00. The van der Waals surface area contributed by atoms with Crippen LogP contribution in [0.1, 0.15) is 13.3 Å². The Morgan fingerprint density at radius 3 is 2.22 bits per heavy atom. The predicted molar refractivity (Wildman–Crippen MR) is 28.2 cm³/mol. The number of alkyl halides is 3. The van der Waals surface area contributed by atoms with Gasteiger partial charge in [-0.05, 0) is 0 Å². The van der Waals surface area contributed by atoms with E-state index < -0.39 is 12.6 Å². The number of nitrogens with zero attached hydrogens (tertiary/aromatic N) is 1. The Morgan fingerprint density at radius 2 is 1.89 bits per heavy atom. The molecule has 0 aliphatic carbocycles. The van der Waals surface area contributed by atoms with Gasteiger partial charge in [0.1, 0.15) is 0 Å². The van der Waals surface area contributed by atoms with Gasteiger partial charge in [0.2, 0.25) is 0 Å². The lowest BCUT2D eigenvalue weighted by Gasteiger charge is -2.03. The molecule has 0 saturated carbocycles. The van der Waals surface area contributed by atoms with Gasteiger partial charge >= 0.3 is 6.18 Å². The van der Waals surface area contributed by atoms with Crippen LogP contribution in [0.2, 0.25) is 0 Å². The molecule has 1 radical (unpaired) electrons. The van der Waals surface area contributed by atoms with Gasteiger partial charge < -0.3 is 0 Å². The lowest BCUT2D eigenvalue weighted by Crippen LogP contribution is -2.16. The maximum Gasteiger partial charge on any atom is 0.390 e. The van der Waals surface area contributed by atoms with Crippen LogP contribution in [0.25, 0.3) is 0 Å². The summed E-state index contributed by atoms with van der Waals surface area (Å²) in [4.78, 5) is 0. The molecule has 0 spiro atoms.